The molecule has 0 amide bonds. The molecule has 3 rings (SSSR count). The summed E-state index contributed by atoms with van der Waals surface area (Å²) < 4.78 is 13.2. The smallest absolute Gasteiger partial charge is 0.127 e. The van der Waals surface area contributed by atoms with Gasteiger partial charge in [0.1, 0.15) is 18.1 Å². The molecule has 1 heterocycles. The van der Waals surface area contributed by atoms with Crippen molar-refractivity contribution in [1.29, 1.82) is 0 Å². The number of nitrogens with zero attached hydrogens (tertiary/aromatic N) is 2. The van der Waals surface area contributed by atoms with Crippen molar-refractivity contribution in [3.8, 4) is 22.6 Å². The molecule has 3 aromatic rings. The van der Waals surface area contributed by atoms with E-state index in [0.29, 0.717) is 19.7 Å². The predicted octanol–water partition coefficient (Wildman–Crippen LogP) is 3.10. The Balaban J connectivity index is 1.82. The van der Waals surface area contributed by atoms with Crippen LogP contribution >= 0.6 is 0 Å². The molecule has 2 aromatic carbocycles. The predicted molar refractivity (Wildman–Crippen MR) is 94.0 cm³/mol. The standard InChI is InChI=1S/C19H21N3O2/c1-23-19-8-7-17(24-14-15-5-3-2-4-6-15)11-18(19)16-12-21-22(13-16)10-9-20/h2-8,11-13H,9-10,14,20H2,1H3. The molecule has 0 radical (unpaired) electrons. The van der Waals surface area contributed by atoms with E-state index in [4.69, 9.17) is 15.2 Å². The van der Waals surface area contributed by atoms with Gasteiger partial charge in [-0.05, 0) is 23.8 Å². The van der Waals surface area contributed by atoms with Crippen LogP contribution in [0.25, 0.3) is 11.1 Å². The molecule has 0 fully saturated rings. The van der Waals surface area contributed by atoms with Gasteiger partial charge in [0.25, 0.3) is 0 Å². The third-order valence-electron chi connectivity index (χ3n) is 3.72. The number of methoxy groups -OCH3 is 1. The van der Waals surface area contributed by atoms with Crippen molar-refractivity contribution in [2.75, 3.05) is 13.7 Å². The fourth-order valence-electron chi connectivity index (χ4n) is 2.50. The molecule has 5 nitrogen and oxygen atoms in total. The molecule has 124 valence electrons. The van der Waals surface area contributed by atoms with E-state index in [0.717, 1.165) is 28.2 Å². The Morgan fingerprint density at radius 1 is 1.12 bits per heavy atom. The van der Waals surface area contributed by atoms with Crippen LogP contribution in [0.1, 0.15) is 5.56 Å². The van der Waals surface area contributed by atoms with Gasteiger partial charge in [-0.25, -0.2) is 0 Å². The van der Waals surface area contributed by atoms with Gasteiger partial charge in [0.15, 0.2) is 0 Å². The molecule has 0 atom stereocenters. The highest BCUT2D eigenvalue weighted by atomic mass is 16.5. The second-order valence-electron chi connectivity index (χ2n) is 5.42. The average Bonchev–Trinajstić information content (AvgIpc) is 3.09. The van der Waals surface area contributed by atoms with Crippen LogP contribution < -0.4 is 15.2 Å². The first kappa shape index (κ1) is 16.1. The van der Waals surface area contributed by atoms with Gasteiger partial charge in [0.05, 0.1) is 19.9 Å². The minimum Gasteiger partial charge on any atom is -0.496 e. The number of rotatable bonds is 7. The van der Waals surface area contributed by atoms with E-state index in [2.05, 4.69) is 5.10 Å². The molecule has 5 heteroatoms. The summed E-state index contributed by atoms with van der Waals surface area (Å²) in [5.41, 5.74) is 8.64. The fraction of sp³-hybridized carbons (Fsp3) is 0.211. The maximum Gasteiger partial charge on any atom is 0.127 e. The maximum absolute atomic E-state index is 5.91. The Labute approximate surface area is 141 Å². The highest BCUT2D eigenvalue weighted by Crippen LogP contribution is 2.33. The second kappa shape index (κ2) is 7.66. The highest BCUT2D eigenvalue weighted by molar-refractivity contribution is 5.71. The number of ether oxygens (including phenoxy) is 2. The van der Waals surface area contributed by atoms with Crippen molar-refractivity contribution in [3.05, 3.63) is 66.5 Å². The summed E-state index contributed by atoms with van der Waals surface area (Å²) in [5.74, 6) is 1.58. The average molecular weight is 323 g/mol. The number of aromatic nitrogens is 2. The van der Waals surface area contributed by atoms with Crippen LogP contribution in [0, 0.1) is 0 Å². The normalized spacial score (nSPS) is 10.6. The largest absolute Gasteiger partial charge is 0.496 e. The summed E-state index contributed by atoms with van der Waals surface area (Å²) in [6, 6.07) is 15.9. The van der Waals surface area contributed by atoms with E-state index >= 15 is 0 Å². The molecule has 0 spiro atoms. The zero-order chi connectivity index (χ0) is 16.8. The molecule has 0 aliphatic rings. The Bertz CT molecular complexity index is 784. The minimum absolute atomic E-state index is 0.527. The highest BCUT2D eigenvalue weighted by Gasteiger charge is 2.10. The van der Waals surface area contributed by atoms with E-state index in [1.165, 1.54) is 0 Å². The number of hydrogen-bond acceptors (Lipinski definition) is 4. The zero-order valence-electron chi connectivity index (χ0n) is 13.7. The lowest BCUT2D eigenvalue weighted by atomic mass is 10.1. The molecule has 24 heavy (non-hydrogen) atoms. The zero-order valence-corrected chi connectivity index (χ0v) is 13.7. The summed E-state index contributed by atoms with van der Waals surface area (Å²) in [6.45, 7) is 1.77. The summed E-state index contributed by atoms with van der Waals surface area (Å²) in [6.07, 6.45) is 3.78. The van der Waals surface area contributed by atoms with Crippen LogP contribution in [-0.2, 0) is 13.2 Å². The van der Waals surface area contributed by atoms with E-state index in [1.807, 2.05) is 65.6 Å². The van der Waals surface area contributed by atoms with Crippen LogP contribution in [-0.4, -0.2) is 23.4 Å². The molecule has 0 unspecified atom stereocenters. The molecular formula is C19H21N3O2. The molecule has 2 N–H and O–H groups in total. The Morgan fingerprint density at radius 2 is 1.96 bits per heavy atom. The van der Waals surface area contributed by atoms with Crippen LogP contribution in [0.4, 0.5) is 0 Å². The van der Waals surface area contributed by atoms with Gasteiger partial charge in [-0.2, -0.15) is 5.10 Å². The second-order valence-corrected chi connectivity index (χ2v) is 5.42. The van der Waals surface area contributed by atoms with Crippen molar-refractivity contribution in [2.24, 2.45) is 5.73 Å². The minimum atomic E-state index is 0.527. The van der Waals surface area contributed by atoms with E-state index in [9.17, 15) is 0 Å². The molecule has 0 aliphatic carbocycles. The summed E-state index contributed by atoms with van der Waals surface area (Å²) >= 11 is 0. The Morgan fingerprint density at radius 3 is 2.71 bits per heavy atom. The van der Waals surface area contributed by atoms with Gasteiger partial charge < -0.3 is 15.2 Å². The van der Waals surface area contributed by atoms with E-state index in [1.54, 1.807) is 7.11 Å². The lowest BCUT2D eigenvalue weighted by molar-refractivity contribution is 0.305. The number of nitrogens with two attached hydrogens (primary N) is 1. The van der Waals surface area contributed by atoms with Crippen LogP contribution in [0.15, 0.2) is 60.9 Å². The van der Waals surface area contributed by atoms with Gasteiger partial charge in [0.2, 0.25) is 0 Å². The summed E-state index contributed by atoms with van der Waals surface area (Å²) in [7, 11) is 1.66. The third kappa shape index (κ3) is 3.75. The van der Waals surface area contributed by atoms with Crippen LogP contribution in [0.2, 0.25) is 0 Å². The lowest BCUT2D eigenvalue weighted by Crippen LogP contribution is -2.09. The van der Waals surface area contributed by atoms with Gasteiger partial charge in [0, 0.05) is 23.9 Å². The van der Waals surface area contributed by atoms with Crippen molar-refractivity contribution in [3.63, 3.8) is 0 Å². The monoisotopic (exact) mass is 323 g/mol. The van der Waals surface area contributed by atoms with Gasteiger partial charge >= 0.3 is 0 Å². The molecule has 0 aliphatic heterocycles. The Kier molecular flexibility index (Phi) is 5.13. The van der Waals surface area contributed by atoms with Gasteiger partial charge in [-0.15, -0.1) is 0 Å². The topological polar surface area (TPSA) is 62.3 Å². The first-order chi connectivity index (χ1) is 11.8. The Hall–Kier alpha value is -2.79. The molecule has 0 saturated carbocycles. The number of hydrogen-bond donors (Lipinski definition) is 1. The third-order valence-corrected chi connectivity index (χ3v) is 3.72. The maximum atomic E-state index is 5.91. The van der Waals surface area contributed by atoms with Gasteiger partial charge in [-0.3, -0.25) is 4.68 Å². The van der Waals surface area contributed by atoms with E-state index < -0.39 is 0 Å². The van der Waals surface area contributed by atoms with Gasteiger partial charge in [-0.1, -0.05) is 30.3 Å². The van der Waals surface area contributed by atoms with Crippen LogP contribution in [0.5, 0.6) is 11.5 Å². The summed E-state index contributed by atoms with van der Waals surface area (Å²) in [5, 5.41) is 4.32. The first-order valence-corrected chi connectivity index (χ1v) is 7.88. The lowest BCUT2D eigenvalue weighted by Gasteiger charge is -2.11. The molecule has 0 bridgehead atoms. The van der Waals surface area contributed by atoms with Crippen molar-refractivity contribution >= 4 is 0 Å². The first-order valence-electron chi connectivity index (χ1n) is 7.88. The van der Waals surface area contributed by atoms with Crippen molar-refractivity contribution in [2.45, 2.75) is 13.2 Å². The SMILES string of the molecule is COc1ccc(OCc2ccccc2)cc1-c1cnn(CCN)c1. The molecule has 1 aromatic heterocycles. The summed E-state index contributed by atoms with van der Waals surface area (Å²) in [4.78, 5) is 0. The van der Waals surface area contributed by atoms with Crippen molar-refractivity contribution in [1.82, 2.24) is 9.78 Å². The van der Waals surface area contributed by atoms with E-state index in [-0.39, 0.29) is 0 Å². The van der Waals surface area contributed by atoms with Crippen molar-refractivity contribution < 1.29 is 9.47 Å². The number of benzene rings is 2. The quantitative estimate of drug-likeness (QED) is 0.726. The van der Waals surface area contributed by atoms with Crippen LogP contribution in [0.3, 0.4) is 0 Å². The molecular weight excluding hydrogens is 302 g/mol. The fourth-order valence-corrected chi connectivity index (χ4v) is 2.50. The molecule has 0 saturated heterocycles.